The SMILES string of the molecule is CC(C)(C)c1ccc2cc3c(cc2c1)-c1cc2[nH]c(cc4nc(cc5[nH]c(cc-3n1)c1cc3cc(C(C)(C)C)ccc3cc51)-c1cc3cc(C(C)(C)C)ccc3cc1-4)c1cc3cc(C(C)(C)C)ccc3cc21. The highest BCUT2D eigenvalue weighted by Gasteiger charge is 2.24. The number of fused-ring (bicyclic) bond motifs is 24. The van der Waals surface area contributed by atoms with Gasteiger partial charge >= 0.3 is 0 Å². The Morgan fingerprint density at radius 1 is 0.250 bits per heavy atom. The van der Waals surface area contributed by atoms with Gasteiger partial charge in [-0.2, -0.15) is 0 Å². The molecule has 0 amide bonds. The number of aromatic nitrogens is 4. The van der Waals surface area contributed by atoms with Gasteiger partial charge in [-0.3, -0.25) is 0 Å². The van der Waals surface area contributed by atoms with E-state index in [0.717, 1.165) is 88.6 Å². The number of aromatic amines is 2. The monoisotopic (exact) mass is 934 g/mol. The van der Waals surface area contributed by atoms with E-state index in [1.807, 2.05) is 0 Å². The molecule has 8 bridgehead atoms. The van der Waals surface area contributed by atoms with Crippen LogP contribution < -0.4 is 0 Å². The minimum absolute atomic E-state index is 0.0180. The van der Waals surface area contributed by atoms with Crippen LogP contribution in [0.1, 0.15) is 105 Å². The van der Waals surface area contributed by atoms with Crippen molar-refractivity contribution in [3.8, 4) is 45.0 Å². The summed E-state index contributed by atoms with van der Waals surface area (Å²) in [5.41, 5.74) is 17.7. The molecule has 0 aliphatic carbocycles. The van der Waals surface area contributed by atoms with Crippen LogP contribution in [0, 0.1) is 0 Å². The Morgan fingerprint density at radius 3 is 0.736 bits per heavy atom. The first-order valence-corrected chi connectivity index (χ1v) is 25.8. The Bertz CT molecular complexity index is 4070. The van der Waals surface area contributed by atoms with E-state index >= 15 is 0 Å². The third-order valence-electron chi connectivity index (χ3n) is 15.8. The van der Waals surface area contributed by atoms with Crippen LogP contribution >= 0.6 is 0 Å². The maximum atomic E-state index is 5.63. The molecular formula is C68H62N4. The van der Waals surface area contributed by atoms with Crippen molar-refractivity contribution in [1.82, 2.24) is 19.9 Å². The molecule has 0 saturated carbocycles. The van der Waals surface area contributed by atoms with Crippen molar-refractivity contribution in [2.24, 2.45) is 0 Å². The minimum atomic E-state index is 0.0180. The standard InChI is InChI=1S/C68H62N4/c1-65(2,3)45-17-13-37-25-49-53(29-41(37)21-45)61-33-58-50-26-38-14-18-46(66(4,5)6)22-42(38)30-54(50)63(70-58)35-60-52-28-40-16-20-48(68(10,11)12)24-44(40)32-56(52)64(72-60)36-59-51-27-39-15-19-47(67(7,8)9)23-43(39)31-55(51)62(71-59)34-57(49)69-61/h13-36,69,72H,1-12H3. The predicted octanol–water partition coefficient (Wildman–Crippen LogP) is 19.1. The molecule has 3 aromatic heterocycles. The molecule has 2 aliphatic heterocycles. The van der Waals surface area contributed by atoms with Gasteiger partial charge in [0.2, 0.25) is 0 Å². The summed E-state index contributed by atoms with van der Waals surface area (Å²) in [6.07, 6.45) is 0. The Kier molecular flexibility index (Phi) is 9.24. The highest BCUT2D eigenvalue weighted by molar-refractivity contribution is 6.16. The largest absolute Gasteiger partial charge is 0.354 e. The number of hydrogen-bond acceptors (Lipinski definition) is 2. The van der Waals surface area contributed by atoms with E-state index in [2.05, 4.69) is 239 Å². The molecule has 4 nitrogen and oxygen atoms in total. The molecule has 0 spiro atoms. The fourth-order valence-corrected chi connectivity index (χ4v) is 11.3. The van der Waals surface area contributed by atoms with Gasteiger partial charge in [-0.25, -0.2) is 9.97 Å². The number of nitrogens with zero attached hydrogens (tertiary/aromatic N) is 2. The van der Waals surface area contributed by atoms with Crippen LogP contribution in [0.4, 0.5) is 0 Å². The van der Waals surface area contributed by atoms with E-state index in [1.54, 1.807) is 0 Å². The molecule has 5 heterocycles. The number of hydrogen-bond donors (Lipinski definition) is 2. The zero-order valence-corrected chi connectivity index (χ0v) is 43.8. The van der Waals surface area contributed by atoms with E-state index in [1.165, 1.54) is 65.3 Å². The summed E-state index contributed by atoms with van der Waals surface area (Å²) in [7, 11) is 0. The van der Waals surface area contributed by atoms with E-state index in [-0.39, 0.29) is 21.7 Å². The van der Waals surface area contributed by atoms with Crippen LogP contribution in [0.25, 0.3) is 132 Å². The molecule has 2 aliphatic rings. The Balaban J connectivity index is 1.19. The van der Waals surface area contributed by atoms with Crippen LogP contribution in [0.2, 0.25) is 0 Å². The average Bonchev–Trinajstić information content (AvgIpc) is 4.04. The molecule has 2 N–H and O–H groups in total. The number of nitrogens with one attached hydrogen (secondary N) is 2. The minimum Gasteiger partial charge on any atom is -0.354 e. The van der Waals surface area contributed by atoms with Gasteiger partial charge in [0.05, 0.1) is 22.8 Å². The molecule has 4 heteroatoms. The molecule has 0 radical (unpaired) electrons. The van der Waals surface area contributed by atoms with E-state index in [4.69, 9.17) is 9.97 Å². The zero-order chi connectivity index (χ0) is 50.0. The molecule has 8 aromatic carbocycles. The van der Waals surface area contributed by atoms with Gasteiger partial charge in [0.15, 0.2) is 0 Å². The van der Waals surface area contributed by atoms with Crippen LogP contribution in [-0.2, 0) is 21.7 Å². The molecule has 0 saturated heterocycles. The van der Waals surface area contributed by atoms with Crippen molar-refractivity contribution in [3.05, 3.63) is 168 Å². The van der Waals surface area contributed by atoms with Crippen molar-refractivity contribution in [2.75, 3.05) is 0 Å². The lowest BCUT2D eigenvalue weighted by Crippen LogP contribution is -2.10. The second-order valence-corrected chi connectivity index (χ2v) is 25.1. The second-order valence-electron chi connectivity index (χ2n) is 25.1. The van der Waals surface area contributed by atoms with Gasteiger partial charge in [0, 0.05) is 65.9 Å². The van der Waals surface area contributed by atoms with Crippen molar-refractivity contribution in [3.63, 3.8) is 0 Å². The number of H-pyrrole nitrogens is 2. The third-order valence-corrected chi connectivity index (χ3v) is 15.8. The Hall–Kier alpha value is -7.56. The maximum Gasteiger partial charge on any atom is 0.0737 e. The molecule has 0 fully saturated rings. The van der Waals surface area contributed by atoms with Gasteiger partial charge in [-0.05, 0) is 160 Å². The molecule has 13 rings (SSSR count). The van der Waals surface area contributed by atoms with Gasteiger partial charge in [0.25, 0.3) is 0 Å². The average molecular weight is 935 g/mol. The lowest BCUT2D eigenvalue weighted by atomic mass is 9.85. The first-order valence-electron chi connectivity index (χ1n) is 25.8. The highest BCUT2D eigenvalue weighted by atomic mass is 14.8. The highest BCUT2D eigenvalue weighted by Crippen LogP contribution is 2.45. The summed E-state index contributed by atoms with van der Waals surface area (Å²) in [5, 5.41) is 14.3. The van der Waals surface area contributed by atoms with Gasteiger partial charge < -0.3 is 9.97 Å². The van der Waals surface area contributed by atoms with Gasteiger partial charge in [0.1, 0.15) is 0 Å². The van der Waals surface area contributed by atoms with Crippen LogP contribution in [0.15, 0.2) is 146 Å². The summed E-state index contributed by atoms with van der Waals surface area (Å²) in [4.78, 5) is 19.2. The number of benzene rings is 8. The Morgan fingerprint density at radius 2 is 0.472 bits per heavy atom. The fraction of sp³-hybridized carbons (Fsp3) is 0.235. The van der Waals surface area contributed by atoms with Crippen molar-refractivity contribution in [1.29, 1.82) is 0 Å². The predicted molar refractivity (Wildman–Crippen MR) is 310 cm³/mol. The lowest BCUT2D eigenvalue weighted by Gasteiger charge is -2.19. The molecule has 0 atom stereocenters. The van der Waals surface area contributed by atoms with Gasteiger partial charge in [-0.15, -0.1) is 0 Å². The first kappa shape index (κ1) is 44.4. The van der Waals surface area contributed by atoms with E-state index in [9.17, 15) is 0 Å². The zero-order valence-electron chi connectivity index (χ0n) is 43.8. The molecule has 0 unspecified atom stereocenters. The number of rotatable bonds is 0. The smallest absolute Gasteiger partial charge is 0.0737 e. The molecule has 354 valence electrons. The molecular weight excluding hydrogens is 873 g/mol. The van der Waals surface area contributed by atoms with E-state index < -0.39 is 0 Å². The lowest BCUT2D eigenvalue weighted by molar-refractivity contribution is 0.591. The quantitative estimate of drug-likeness (QED) is 0.159. The molecule has 72 heavy (non-hydrogen) atoms. The summed E-state index contributed by atoms with van der Waals surface area (Å²) in [6, 6.07) is 55.9. The van der Waals surface area contributed by atoms with Crippen LogP contribution in [0.5, 0.6) is 0 Å². The van der Waals surface area contributed by atoms with Gasteiger partial charge in [-0.1, -0.05) is 156 Å². The summed E-state index contributed by atoms with van der Waals surface area (Å²) in [6.45, 7) is 27.5. The van der Waals surface area contributed by atoms with E-state index in [0.29, 0.717) is 0 Å². The second kappa shape index (κ2) is 15.0. The normalized spacial score (nSPS) is 13.3. The summed E-state index contributed by atoms with van der Waals surface area (Å²) in [5.74, 6) is 0. The molecule has 11 aromatic rings. The maximum absolute atomic E-state index is 5.63. The topological polar surface area (TPSA) is 57.4 Å². The van der Waals surface area contributed by atoms with Crippen molar-refractivity contribution < 1.29 is 0 Å². The first-order chi connectivity index (χ1) is 34.1. The fourth-order valence-electron chi connectivity index (χ4n) is 11.3. The summed E-state index contributed by atoms with van der Waals surface area (Å²) < 4.78 is 0. The third kappa shape index (κ3) is 7.24. The van der Waals surface area contributed by atoms with Crippen molar-refractivity contribution in [2.45, 2.75) is 105 Å². The van der Waals surface area contributed by atoms with Crippen LogP contribution in [0.3, 0.4) is 0 Å². The van der Waals surface area contributed by atoms with Crippen LogP contribution in [-0.4, -0.2) is 19.9 Å². The van der Waals surface area contributed by atoms with Crippen molar-refractivity contribution >= 4 is 86.7 Å². The summed E-state index contributed by atoms with van der Waals surface area (Å²) >= 11 is 0. The Labute approximate surface area is 422 Å².